The van der Waals surface area contributed by atoms with Gasteiger partial charge in [-0.05, 0) is 69.0 Å². The van der Waals surface area contributed by atoms with E-state index in [0.717, 1.165) is 11.1 Å². The molecule has 0 bridgehead atoms. The van der Waals surface area contributed by atoms with Crippen LogP contribution in [-0.4, -0.2) is 47.6 Å². The number of nitrogens with zero attached hydrogens (tertiary/aromatic N) is 1. The van der Waals surface area contributed by atoms with Crippen molar-refractivity contribution in [3.8, 4) is 0 Å². The highest BCUT2D eigenvalue weighted by Gasteiger charge is 2.52. The topological polar surface area (TPSA) is 104 Å². The number of benzene rings is 2. The molecule has 2 aromatic rings. The average Bonchev–Trinajstić information content (AvgIpc) is 2.81. The molecule has 0 spiro atoms. The molecule has 1 aliphatic rings. The summed E-state index contributed by atoms with van der Waals surface area (Å²) >= 11 is 12.5. The third-order valence-electron chi connectivity index (χ3n) is 7.31. The number of carboxylic acid groups (broad SMARTS) is 1. The summed E-state index contributed by atoms with van der Waals surface area (Å²) in [5, 5.41) is 10.8. The lowest BCUT2D eigenvalue weighted by atomic mass is 9.67. The minimum absolute atomic E-state index is 0.00263. The lowest BCUT2D eigenvalue weighted by Crippen LogP contribution is -2.58. The van der Waals surface area contributed by atoms with Crippen LogP contribution in [0.3, 0.4) is 0 Å². The first-order valence-electron chi connectivity index (χ1n) is 12.6. The van der Waals surface area contributed by atoms with Crippen LogP contribution in [0.15, 0.2) is 48.5 Å². The Bertz CT molecular complexity index is 1280. The number of nitrogens with one attached hydrogen (secondary N) is 1. The Balaban J connectivity index is 2.20. The van der Waals surface area contributed by atoms with Gasteiger partial charge < -0.3 is 10.0 Å². The molecule has 1 heterocycles. The summed E-state index contributed by atoms with van der Waals surface area (Å²) in [6.45, 7) is 8.39. The van der Waals surface area contributed by atoms with E-state index >= 15 is 0 Å². The molecule has 3 rings (SSSR count). The second kappa shape index (κ2) is 11.5. The second-order valence-corrected chi connectivity index (χ2v) is 14.6. The van der Waals surface area contributed by atoms with Crippen LogP contribution in [0.5, 0.6) is 0 Å². The lowest BCUT2D eigenvalue weighted by Gasteiger charge is -2.52. The highest BCUT2D eigenvalue weighted by atomic mass is 35.5. The molecule has 7 nitrogen and oxygen atoms in total. The Labute approximate surface area is 235 Å². The minimum atomic E-state index is -3.68. The Morgan fingerprint density at radius 3 is 2.29 bits per heavy atom. The van der Waals surface area contributed by atoms with Crippen molar-refractivity contribution in [3.05, 3.63) is 69.7 Å². The molecule has 0 aromatic heterocycles. The van der Waals surface area contributed by atoms with Crippen molar-refractivity contribution < 1.29 is 23.1 Å². The van der Waals surface area contributed by atoms with Gasteiger partial charge >= 0.3 is 5.97 Å². The summed E-state index contributed by atoms with van der Waals surface area (Å²) < 4.78 is 27.5. The van der Waals surface area contributed by atoms with Gasteiger partial charge in [0.05, 0.1) is 22.6 Å². The highest BCUT2D eigenvalue weighted by Crippen LogP contribution is 2.52. The van der Waals surface area contributed by atoms with E-state index in [2.05, 4.69) is 4.72 Å². The second-order valence-electron chi connectivity index (χ2n) is 11.2. The molecule has 1 saturated heterocycles. The number of carboxylic acids is 1. The third-order valence-corrected chi connectivity index (χ3v) is 9.96. The van der Waals surface area contributed by atoms with Gasteiger partial charge in [-0.25, -0.2) is 13.1 Å². The Hall–Kier alpha value is -2.13. The van der Waals surface area contributed by atoms with Gasteiger partial charge in [0.2, 0.25) is 15.9 Å². The number of carbonyl (C=O) groups is 2. The van der Waals surface area contributed by atoms with E-state index < -0.39 is 38.2 Å². The zero-order valence-electron chi connectivity index (χ0n) is 22.4. The smallest absolute Gasteiger partial charge is 0.304 e. The Kier molecular flexibility index (Phi) is 9.24. The summed E-state index contributed by atoms with van der Waals surface area (Å²) in [6.07, 6.45) is 0.386. The molecular weight excluding hydrogens is 547 g/mol. The molecule has 1 aliphatic heterocycles. The van der Waals surface area contributed by atoms with E-state index in [1.807, 2.05) is 37.3 Å². The highest BCUT2D eigenvalue weighted by molar-refractivity contribution is 7.90. The zero-order chi connectivity index (χ0) is 28.5. The predicted molar refractivity (Wildman–Crippen MR) is 151 cm³/mol. The fourth-order valence-electron chi connectivity index (χ4n) is 5.14. The van der Waals surface area contributed by atoms with E-state index in [1.54, 1.807) is 50.8 Å². The molecule has 1 fully saturated rings. The Morgan fingerprint density at radius 2 is 1.76 bits per heavy atom. The first kappa shape index (κ1) is 30.4. The van der Waals surface area contributed by atoms with Crippen LogP contribution < -0.4 is 4.72 Å². The van der Waals surface area contributed by atoms with Crippen LogP contribution in [-0.2, 0) is 19.6 Å². The molecule has 2 aromatic carbocycles. The van der Waals surface area contributed by atoms with Crippen LogP contribution >= 0.6 is 23.2 Å². The van der Waals surface area contributed by atoms with Gasteiger partial charge in [0.25, 0.3) is 0 Å². The number of likely N-dealkylation sites (tertiary alicyclic amines) is 1. The summed E-state index contributed by atoms with van der Waals surface area (Å²) in [4.78, 5) is 27.9. The molecule has 2 N–H and O–H groups in total. The maximum Gasteiger partial charge on any atom is 0.304 e. The normalized spacial score (nSPS) is 23.3. The van der Waals surface area contributed by atoms with Gasteiger partial charge in [-0.2, -0.15) is 0 Å². The van der Waals surface area contributed by atoms with Crippen molar-refractivity contribution in [3.63, 3.8) is 0 Å². The van der Waals surface area contributed by atoms with Crippen molar-refractivity contribution in [1.82, 2.24) is 9.62 Å². The van der Waals surface area contributed by atoms with Crippen molar-refractivity contribution in [1.29, 1.82) is 0 Å². The number of rotatable bonds is 9. The van der Waals surface area contributed by atoms with Crippen molar-refractivity contribution in [2.24, 2.45) is 5.41 Å². The molecule has 208 valence electrons. The number of hydrogen-bond acceptors (Lipinski definition) is 4. The number of carbonyl (C=O) groups excluding carboxylic acids is 1. The standard InChI is InChI=1S/C28H36Cl2N2O5S/c1-6-22(17-31-38(36,37)27(2,3)4)32-25(18-10-12-20(29)13-11-18)23(19-8-7-9-21(30)14-19)15-28(5,26(32)35)16-24(33)34/h7-14,22-23,25,31H,6,15-17H2,1-5H3,(H,33,34)/t22?,23-,25-,28-/m1/s1. The van der Waals surface area contributed by atoms with Crippen LogP contribution in [0.25, 0.3) is 0 Å². The molecule has 4 atom stereocenters. The summed E-state index contributed by atoms with van der Waals surface area (Å²) in [5.74, 6) is -1.69. The number of halogens is 2. The lowest BCUT2D eigenvalue weighted by molar-refractivity contribution is -0.160. The van der Waals surface area contributed by atoms with Crippen LogP contribution in [0.4, 0.5) is 0 Å². The molecule has 10 heteroatoms. The van der Waals surface area contributed by atoms with Gasteiger partial charge in [-0.3, -0.25) is 9.59 Å². The number of amides is 1. The average molecular weight is 584 g/mol. The minimum Gasteiger partial charge on any atom is -0.481 e. The number of aliphatic carboxylic acids is 1. The van der Waals surface area contributed by atoms with Crippen LogP contribution in [0, 0.1) is 5.41 Å². The first-order valence-corrected chi connectivity index (χ1v) is 14.9. The molecule has 1 unspecified atom stereocenters. The number of hydrogen-bond donors (Lipinski definition) is 2. The molecule has 38 heavy (non-hydrogen) atoms. The van der Waals surface area contributed by atoms with Gasteiger partial charge in [-0.1, -0.05) is 61.3 Å². The van der Waals surface area contributed by atoms with Crippen molar-refractivity contribution in [2.75, 3.05) is 6.54 Å². The monoisotopic (exact) mass is 582 g/mol. The number of sulfonamides is 1. The van der Waals surface area contributed by atoms with E-state index in [4.69, 9.17) is 23.2 Å². The quantitative estimate of drug-likeness (QED) is 0.375. The van der Waals surface area contributed by atoms with Crippen molar-refractivity contribution in [2.45, 2.75) is 76.6 Å². The zero-order valence-corrected chi connectivity index (χ0v) is 24.7. The predicted octanol–water partition coefficient (Wildman–Crippen LogP) is 6.03. The van der Waals surface area contributed by atoms with E-state index in [9.17, 15) is 23.1 Å². The SMILES string of the molecule is CCC(CNS(=O)(=O)C(C)(C)C)N1C(=O)[C@@](C)(CC(=O)O)C[C@H](c2cccc(Cl)c2)[C@H]1c1ccc(Cl)cc1. The maximum atomic E-state index is 14.2. The van der Waals surface area contributed by atoms with Gasteiger partial charge in [0.1, 0.15) is 0 Å². The van der Waals surface area contributed by atoms with E-state index in [-0.39, 0.29) is 31.2 Å². The molecule has 0 aliphatic carbocycles. The Morgan fingerprint density at radius 1 is 1.13 bits per heavy atom. The van der Waals surface area contributed by atoms with Gasteiger partial charge in [0, 0.05) is 28.5 Å². The molecular formula is C28H36Cl2N2O5S. The number of piperidine rings is 1. The van der Waals surface area contributed by atoms with Gasteiger partial charge in [-0.15, -0.1) is 0 Å². The fourth-order valence-corrected chi connectivity index (χ4v) is 6.31. The van der Waals surface area contributed by atoms with Crippen LogP contribution in [0.1, 0.15) is 77.0 Å². The van der Waals surface area contributed by atoms with Crippen molar-refractivity contribution >= 4 is 45.1 Å². The summed E-state index contributed by atoms with van der Waals surface area (Å²) in [7, 11) is -3.68. The largest absolute Gasteiger partial charge is 0.481 e. The maximum absolute atomic E-state index is 14.2. The summed E-state index contributed by atoms with van der Waals surface area (Å²) in [5.41, 5.74) is 0.483. The van der Waals surface area contributed by atoms with Gasteiger partial charge in [0.15, 0.2) is 0 Å². The van der Waals surface area contributed by atoms with Crippen LogP contribution in [0.2, 0.25) is 10.0 Å². The van der Waals surface area contributed by atoms with E-state index in [0.29, 0.717) is 16.5 Å². The summed E-state index contributed by atoms with van der Waals surface area (Å²) in [6, 6.07) is 13.6. The molecule has 1 amide bonds. The first-order chi connectivity index (χ1) is 17.6. The fraction of sp³-hybridized carbons (Fsp3) is 0.500. The molecule has 0 radical (unpaired) electrons. The third kappa shape index (κ3) is 6.53. The molecule has 0 saturated carbocycles. The van der Waals surface area contributed by atoms with E-state index in [1.165, 1.54) is 0 Å².